The van der Waals surface area contributed by atoms with E-state index in [-0.39, 0.29) is 26.2 Å². The van der Waals surface area contributed by atoms with Crippen molar-refractivity contribution >= 4 is 16.2 Å². The average molecular weight is 258 g/mol. The van der Waals surface area contributed by atoms with Crippen LogP contribution in [0.5, 0.6) is 0 Å². The molecule has 0 radical (unpaired) electrons. The van der Waals surface area contributed by atoms with Gasteiger partial charge in [0.15, 0.2) is 0 Å². The molecule has 0 N–H and O–H groups in total. The first kappa shape index (κ1) is 15.6. The topological polar surface area (TPSA) is 51.2 Å². The molecule has 0 aliphatic heterocycles. The molecule has 6 heteroatoms. The van der Waals surface area contributed by atoms with E-state index < -0.39 is 23.2 Å². The third kappa shape index (κ3) is 43.6. The van der Waals surface area contributed by atoms with Crippen LogP contribution < -0.4 is 0 Å². The third-order valence-corrected chi connectivity index (χ3v) is 0. The van der Waals surface area contributed by atoms with Crippen molar-refractivity contribution in [3.8, 4) is 0 Å². The molecule has 0 rings (SSSR count). The summed E-state index contributed by atoms with van der Waals surface area (Å²) in [4.78, 5) is 0. The number of rotatable bonds is 0. The third-order valence-electron chi connectivity index (χ3n) is 0. The molecule has 3 nitrogen and oxygen atoms in total. The maximum atomic E-state index is 8.54. The summed E-state index contributed by atoms with van der Waals surface area (Å²) in [5.41, 5.74) is 0. The Hall–Kier alpha value is 1.70. The van der Waals surface area contributed by atoms with Gasteiger partial charge in [-0.25, -0.2) is 0 Å². The Bertz CT molecular complexity index is 38.1. The predicted octanol–water partition coefficient (Wildman–Crippen LogP) is -1.01. The van der Waals surface area contributed by atoms with E-state index in [0.29, 0.717) is 16.2 Å². The summed E-state index contributed by atoms with van der Waals surface area (Å²) in [5, 5.41) is 0. The Morgan fingerprint density at radius 1 is 1.17 bits per heavy atom. The van der Waals surface area contributed by atoms with Gasteiger partial charge in [-0.05, 0) is 0 Å². The maximum absolute atomic E-state index is 8.54. The molecule has 0 aromatic carbocycles. The van der Waals surface area contributed by atoms with Crippen molar-refractivity contribution < 1.29 is 58.9 Å². The van der Waals surface area contributed by atoms with Gasteiger partial charge in [0.1, 0.15) is 0 Å². The molecule has 0 aliphatic rings. The minimum Gasteiger partial charge on any atom is 0 e. The molecule has 30 valence electrons. The molecule has 0 fully saturated rings. The Balaban J connectivity index is -0.0000000275. The van der Waals surface area contributed by atoms with Crippen molar-refractivity contribution in [2.45, 2.75) is 0 Å². The standard InChI is InChI=1S/Al.3O.2Zr.H. The summed E-state index contributed by atoms with van der Waals surface area (Å²) in [5.74, 6) is 0. The van der Waals surface area contributed by atoms with Crippen LogP contribution in [-0.4, -0.2) is 16.2 Å². The molecule has 0 aromatic rings. The van der Waals surface area contributed by atoms with Crippen LogP contribution in [-0.2, 0) is 58.9 Å². The summed E-state index contributed by atoms with van der Waals surface area (Å²) in [6.07, 6.45) is 0. The van der Waals surface area contributed by atoms with Gasteiger partial charge in [-0.1, -0.05) is 0 Å². The summed E-state index contributed by atoms with van der Waals surface area (Å²) in [6.45, 7) is 0. The molecule has 0 unspecified atom stereocenters. The normalized spacial score (nSPS) is 1.83. The van der Waals surface area contributed by atoms with Gasteiger partial charge >= 0.3 is 48.9 Å². The molecular weight excluding hydrogens is 257 g/mol. The van der Waals surface area contributed by atoms with Crippen LogP contribution in [0.4, 0.5) is 0 Å². The molecule has 0 aliphatic carbocycles. The smallest absolute Gasteiger partial charge is 0 e. The van der Waals surface area contributed by atoms with E-state index >= 15 is 0 Å². The number of hydrogen-bond donors (Lipinski definition) is 0. The Labute approximate surface area is 74.1 Å². The van der Waals surface area contributed by atoms with Crippen molar-refractivity contribution in [2.75, 3.05) is 0 Å². The van der Waals surface area contributed by atoms with E-state index in [9.17, 15) is 0 Å². The minimum absolute atomic E-state index is 0. The molecule has 0 aromatic heterocycles. The van der Waals surface area contributed by atoms with Crippen molar-refractivity contribution in [3.05, 3.63) is 0 Å². The van der Waals surface area contributed by atoms with Gasteiger partial charge < -0.3 is 0 Å². The second kappa shape index (κ2) is 29.9. The van der Waals surface area contributed by atoms with E-state index in [1.54, 1.807) is 0 Å². The number of hydrogen-bond acceptors (Lipinski definition) is 3. The van der Waals surface area contributed by atoms with Crippen LogP contribution in [0.3, 0.4) is 0 Å². The van der Waals surface area contributed by atoms with Crippen LogP contribution in [0, 0.1) is 0 Å². The molecule has 0 amide bonds. The van der Waals surface area contributed by atoms with Gasteiger partial charge in [0.05, 0.1) is 0 Å². The van der Waals surface area contributed by atoms with E-state index in [4.69, 9.17) is 9.43 Å². The Kier molecular flexibility index (Phi) is 77.9. The van der Waals surface area contributed by atoms with Crippen molar-refractivity contribution in [1.29, 1.82) is 0 Å². The van der Waals surface area contributed by atoms with E-state index in [1.165, 1.54) is 0 Å². The second-order valence-electron chi connectivity index (χ2n) is 0.0833. The van der Waals surface area contributed by atoms with Crippen molar-refractivity contribution in [3.63, 3.8) is 0 Å². The Morgan fingerprint density at radius 3 is 1.17 bits per heavy atom. The Morgan fingerprint density at radius 2 is 1.17 bits per heavy atom. The van der Waals surface area contributed by atoms with E-state index in [0.717, 1.165) is 0 Å². The quantitative estimate of drug-likeness (QED) is 0.523. The van der Waals surface area contributed by atoms with Crippen LogP contribution in [0.25, 0.3) is 0 Å². The fraction of sp³-hybridized carbons (Fsp3) is 0. The molecule has 0 heterocycles. The van der Waals surface area contributed by atoms with E-state index in [2.05, 4.69) is 0 Å². The van der Waals surface area contributed by atoms with Crippen molar-refractivity contribution in [1.82, 2.24) is 0 Å². The maximum Gasteiger partial charge on any atom is 0 e. The largest absolute Gasteiger partial charge is 0 e. The first-order valence-corrected chi connectivity index (χ1v) is 3.28. The molecular formula is HAlO3Zr2. The zero-order chi connectivity index (χ0) is 4.71. The SMILES string of the molecule is [O]=[AlH].[O]=[Zr]=[O].[Zr]. The first-order valence-electron chi connectivity index (χ1n) is 0.697. The molecule has 6 heavy (non-hydrogen) atoms. The molecule has 0 saturated carbocycles. The zero-order valence-corrected chi connectivity index (χ0v) is 9.26. The fourth-order valence-corrected chi connectivity index (χ4v) is 0. The van der Waals surface area contributed by atoms with Crippen LogP contribution in [0.1, 0.15) is 0 Å². The van der Waals surface area contributed by atoms with Gasteiger partial charge in [-0.3, -0.25) is 0 Å². The summed E-state index contributed by atoms with van der Waals surface area (Å²) in [7, 11) is 0. The monoisotopic (exact) mass is 256 g/mol. The van der Waals surface area contributed by atoms with Crippen LogP contribution in [0.15, 0.2) is 0 Å². The van der Waals surface area contributed by atoms with Gasteiger partial charge in [0.2, 0.25) is 0 Å². The van der Waals surface area contributed by atoms with E-state index in [1.807, 2.05) is 0 Å². The molecule has 0 atom stereocenters. The van der Waals surface area contributed by atoms with Gasteiger partial charge in [0.25, 0.3) is 0 Å². The molecule has 0 spiro atoms. The summed E-state index contributed by atoms with van der Waals surface area (Å²) in [6, 6.07) is 0. The first-order chi connectivity index (χ1) is 2.41. The van der Waals surface area contributed by atoms with Gasteiger partial charge in [-0.15, -0.1) is 0 Å². The van der Waals surface area contributed by atoms with Crippen LogP contribution in [0.2, 0.25) is 0 Å². The molecule has 0 saturated heterocycles. The average Bonchev–Trinajstić information content (AvgIpc) is 1.46. The van der Waals surface area contributed by atoms with Gasteiger partial charge in [0, 0.05) is 26.2 Å². The predicted molar refractivity (Wildman–Crippen MR) is 9.21 cm³/mol. The summed E-state index contributed by atoms with van der Waals surface area (Å²) < 4.78 is 25.4. The second-order valence-corrected chi connectivity index (χ2v) is 0.493. The van der Waals surface area contributed by atoms with Crippen molar-refractivity contribution in [2.24, 2.45) is 0 Å². The van der Waals surface area contributed by atoms with Crippen LogP contribution >= 0.6 is 0 Å². The zero-order valence-electron chi connectivity index (χ0n) is 2.93. The van der Waals surface area contributed by atoms with Gasteiger partial charge in [-0.2, -0.15) is 0 Å². The fourth-order valence-electron chi connectivity index (χ4n) is 0. The molecule has 0 bridgehead atoms. The summed E-state index contributed by atoms with van der Waals surface area (Å²) >= 11 is -1.66. The minimum atomic E-state index is -2.27.